The van der Waals surface area contributed by atoms with Crippen LogP contribution in [0.2, 0.25) is 5.02 Å². The Morgan fingerprint density at radius 2 is 1.96 bits per heavy atom. The summed E-state index contributed by atoms with van der Waals surface area (Å²) in [5.74, 6) is 0.740. The molecule has 1 unspecified atom stereocenters. The molecule has 0 radical (unpaired) electrons. The van der Waals surface area contributed by atoms with Gasteiger partial charge in [0, 0.05) is 55.1 Å². The molecule has 4 rings (SSSR count). The van der Waals surface area contributed by atoms with Crippen LogP contribution in [-0.2, 0) is 6.54 Å². The third kappa shape index (κ3) is 3.79. The van der Waals surface area contributed by atoms with E-state index < -0.39 is 0 Å². The average Bonchev–Trinajstić information content (AvgIpc) is 3.05. The van der Waals surface area contributed by atoms with Crippen molar-refractivity contribution >= 4 is 17.5 Å². The van der Waals surface area contributed by atoms with Gasteiger partial charge in [0.15, 0.2) is 0 Å². The zero-order chi connectivity index (χ0) is 18.9. The number of aromatic nitrogens is 2. The van der Waals surface area contributed by atoms with Crippen LogP contribution in [-0.4, -0.2) is 52.8 Å². The van der Waals surface area contributed by atoms with Crippen LogP contribution in [0.4, 0.5) is 10.3 Å². The third-order valence-corrected chi connectivity index (χ3v) is 6.36. The van der Waals surface area contributed by atoms with Gasteiger partial charge in [0.1, 0.15) is 5.82 Å². The number of aliphatic hydroxyl groups excluding tert-OH is 1. The van der Waals surface area contributed by atoms with Crippen LogP contribution < -0.4 is 4.90 Å². The number of rotatable bonds is 4. The molecule has 1 N–H and O–H groups in total. The minimum absolute atomic E-state index is 0.0668. The number of likely N-dealkylation sites (tertiary alicyclic amines) is 1. The highest BCUT2D eigenvalue weighted by Crippen LogP contribution is 2.45. The van der Waals surface area contributed by atoms with Crippen molar-refractivity contribution in [1.82, 2.24) is 14.9 Å². The average molecular weight is 391 g/mol. The highest BCUT2D eigenvalue weighted by molar-refractivity contribution is 6.30. The lowest BCUT2D eigenvalue weighted by atomic mass is 9.71. The predicted molar refractivity (Wildman–Crippen MR) is 103 cm³/mol. The van der Waals surface area contributed by atoms with E-state index in [1.165, 1.54) is 6.07 Å². The Morgan fingerprint density at radius 3 is 2.67 bits per heavy atom. The maximum absolute atomic E-state index is 14.0. The molecule has 0 bridgehead atoms. The topological polar surface area (TPSA) is 52.5 Å². The number of halogens is 2. The summed E-state index contributed by atoms with van der Waals surface area (Å²) in [6.07, 6.45) is 5.46. The summed E-state index contributed by atoms with van der Waals surface area (Å²) in [5, 5.41) is 10.5. The number of aliphatic hydroxyl groups is 1. The molecule has 1 spiro atoms. The van der Waals surface area contributed by atoms with E-state index in [1.54, 1.807) is 24.5 Å². The summed E-state index contributed by atoms with van der Waals surface area (Å²) >= 11 is 6.01. The molecule has 2 fully saturated rings. The van der Waals surface area contributed by atoms with E-state index in [0.29, 0.717) is 17.1 Å². The lowest BCUT2D eigenvalue weighted by molar-refractivity contribution is 0.0503. The zero-order valence-electron chi connectivity index (χ0n) is 15.2. The molecular formula is C20H24ClFN4O. The largest absolute Gasteiger partial charge is 0.396 e. The Kier molecular flexibility index (Phi) is 5.30. The Labute approximate surface area is 163 Å². The molecular weight excluding hydrogens is 367 g/mol. The van der Waals surface area contributed by atoms with Crippen LogP contribution in [0, 0.1) is 17.2 Å². The number of benzene rings is 1. The molecule has 0 aliphatic carbocycles. The van der Waals surface area contributed by atoms with Gasteiger partial charge in [0.2, 0.25) is 5.95 Å². The summed E-state index contributed by atoms with van der Waals surface area (Å²) < 4.78 is 14.0. The van der Waals surface area contributed by atoms with Crippen LogP contribution in [0.5, 0.6) is 0 Å². The number of hydrogen-bond donors (Lipinski definition) is 1. The molecule has 144 valence electrons. The number of anilines is 1. The molecule has 2 aromatic rings. The van der Waals surface area contributed by atoms with Crippen molar-refractivity contribution in [3.63, 3.8) is 0 Å². The molecule has 7 heteroatoms. The van der Waals surface area contributed by atoms with E-state index in [9.17, 15) is 9.50 Å². The minimum Gasteiger partial charge on any atom is -0.396 e. The van der Waals surface area contributed by atoms with Crippen molar-refractivity contribution < 1.29 is 9.50 Å². The van der Waals surface area contributed by atoms with Gasteiger partial charge in [-0.05, 0) is 55.6 Å². The Morgan fingerprint density at radius 1 is 1.22 bits per heavy atom. The second-order valence-electron chi connectivity index (χ2n) is 7.68. The second kappa shape index (κ2) is 7.70. The van der Waals surface area contributed by atoms with E-state index in [4.69, 9.17) is 11.6 Å². The zero-order valence-corrected chi connectivity index (χ0v) is 15.9. The molecule has 27 heavy (non-hydrogen) atoms. The predicted octanol–water partition coefficient (Wildman–Crippen LogP) is 2.98. The van der Waals surface area contributed by atoms with E-state index in [2.05, 4.69) is 19.8 Å². The summed E-state index contributed by atoms with van der Waals surface area (Å²) in [6.45, 7) is 4.15. The summed E-state index contributed by atoms with van der Waals surface area (Å²) in [5.41, 5.74) is 0.708. The normalized spacial score (nSPS) is 22.5. The highest BCUT2D eigenvalue weighted by atomic mass is 35.5. The van der Waals surface area contributed by atoms with E-state index >= 15 is 0 Å². The highest BCUT2D eigenvalue weighted by Gasteiger charge is 2.48. The molecule has 2 aliphatic rings. The number of nitrogens with zero attached hydrogens (tertiary/aromatic N) is 4. The summed E-state index contributed by atoms with van der Waals surface area (Å²) in [6, 6.07) is 6.53. The van der Waals surface area contributed by atoms with Crippen molar-refractivity contribution in [2.24, 2.45) is 11.3 Å². The molecule has 1 aromatic heterocycles. The van der Waals surface area contributed by atoms with E-state index in [0.717, 1.165) is 45.0 Å². The standard InChI is InChI=1S/C20H24ClFN4O/c21-17-2-3-18(22)15(10-17)11-25-8-4-20(5-9-25)14-26(12-16(20)13-27)19-23-6-1-7-24-19/h1-3,6-7,10,16,27H,4-5,8-9,11-14H2. The fourth-order valence-electron chi connectivity index (χ4n) is 4.52. The number of hydrogen-bond acceptors (Lipinski definition) is 5. The van der Waals surface area contributed by atoms with Crippen molar-refractivity contribution in [3.05, 3.63) is 53.1 Å². The molecule has 3 heterocycles. The lowest BCUT2D eigenvalue weighted by Gasteiger charge is -2.42. The Bertz CT molecular complexity index is 783. The molecule has 5 nitrogen and oxygen atoms in total. The van der Waals surface area contributed by atoms with Gasteiger partial charge in [-0.15, -0.1) is 0 Å². The van der Waals surface area contributed by atoms with Crippen molar-refractivity contribution in [1.29, 1.82) is 0 Å². The van der Waals surface area contributed by atoms with Crippen LogP contribution in [0.3, 0.4) is 0 Å². The Hall–Kier alpha value is -1.76. The first-order valence-corrected chi connectivity index (χ1v) is 9.76. The van der Waals surface area contributed by atoms with Gasteiger partial charge >= 0.3 is 0 Å². The number of piperidine rings is 1. The van der Waals surface area contributed by atoms with Crippen molar-refractivity contribution in [3.8, 4) is 0 Å². The van der Waals surface area contributed by atoms with Crippen molar-refractivity contribution in [2.45, 2.75) is 19.4 Å². The fourth-order valence-corrected chi connectivity index (χ4v) is 4.71. The van der Waals surface area contributed by atoms with E-state index in [1.807, 2.05) is 6.07 Å². The maximum Gasteiger partial charge on any atom is 0.225 e. The van der Waals surface area contributed by atoms with Gasteiger partial charge in [-0.2, -0.15) is 0 Å². The van der Waals surface area contributed by atoms with Crippen LogP contribution in [0.1, 0.15) is 18.4 Å². The van der Waals surface area contributed by atoms with E-state index in [-0.39, 0.29) is 23.8 Å². The van der Waals surface area contributed by atoms with Gasteiger partial charge in [0.05, 0.1) is 0 Å². The second-order valence-corrected chi connectivity index (χ2v) is 8.12. The molecule has 2 saturated heterocycles. The Balaban J connectivity index is 1.43. The lowest BCUT2D eigenvalue weighted by Crippen LogP contribution is -2.44. The monoisotopic (exact) mass is 390 g/mol. The first-order chi connectivity index (χ1) is 13.1. The maximum atomic E-state index is 14.0. The minimum atomic E-state index is -0.207. The van der Waals surface area contributed by atoms with Crippen molar-refractivity contribution in [2.75, 3.05) is 37.7 Å². The van der Waals surface area contributed by atoms with Crippen LogP contribution >= 0.6 is 11.6 Å². The van der Waals surface area contributed by atoms with Gasteiger partial charge in [-0.25, -0.2) is 14.4 Å². The molecule has 1 aromatic carbocycles. The SMILES string of the molecule is OCC1CN(c2ncccn2)CC12CCN(Cc1cc(Cl)ccc1F)CC2. The molecule has 0 saturated carbocycles. The van der Waals surface area contributed by atoms with Gasteiger partial charge in [0.25, 0.3) is 0 Å². The third-order valence-electron chi connectivity index (χ3n) is 6.12. The first kappa shape index (κ1) is 18.6. The van der Waals surface area contributed by atoms with Crippen LogP contribution in [0.25, 0.3) is 0 Å². The molecule has 2 aliphatic heterocycles. The quantitative estimate of drug-likeness (QED) is 0.869. The van der Waals surface area contributed by atoms with Crippen LogP contribution in [0.15, 0.2) is 36.7 Å². The summed E-state index contributed by atoms with van der Waals surface area (Å²) in [7, 11) is 0. The van der Waals surface area contributed by atoms with Gasteiger partial charge < -0.3 is 10.0 Å². The smallest absolute Gasteiger partial charge is 0.225 e. The van der Waals surface area contributed by atoms with Gasteiger partial charge in [-0.1, -0.05) is 11.6 Å². The first-order valence-electron chi connectivity index (χ1n) is 9.39. The summed E-state index contributed by atoms with van der Waals surface area (Å²) in [4.78, 5) is 13.2. The molecule has 1 atom stereocenters. The molecule has 0 amide bonds. The van der Waals surface area contributed by atoms with Gasteiger partial charge in [-0.3, -0.25) is 4.90 Å². The fraction of sp³-hybridized carbons (Fsp3) is 0.500.